The molecule has 8 aliphatic rings. The molecule has 0 amide bonds. The van der Waals surface area contributed by atoms with Gasteiger partial charge in [0.05, 0.1) is 6.10 Å². The standard InChI is InChI=1S/C22H28O7/c1-9-11-8-12(27-10(2)23)13-20-7-5-6-19(3,4)14(20)16(25)22(26)21(13,15(9)24)17(11)28-18(20)29-22/h11-14,16-18,25-26H,1,5-8H2,2-4H3/t11-,12-,13-,14+,16-,17-,18?,20+,21-,22+/m0/s1. The molecule has 29 heavy (non-hydrogen) atoms. The molecule has 4 heterocycles. The van der Waals surface area contributed by atoms with Gasteiger partial charge in [-0.2, -0.15) is 0 Å². The van der Waals surface area contributed by atoms with Gasteiger partial charge in [0.15, 0.2) is 12.1 Å². The average Bonchev–Trinajstić information content (AvgIpc) is 2.76. The highest BCUT2D eigenvalue weighted by molar-refractivity contribution is 6.05. The molecule has 10 atom stereocenters. The van der Waals surface area contributed by atoms with Crippen molar-refractivity contribution < 1.29 is 34.0 Å². The van der Waals surface area contributed by atoms with Crippen molar-refractivity contribution in [2.24, 2.45) is 34.0 Å². The van der Waals surface area contributed by atoms with E-state index in [1.807, 2.05) is 0 Å². The van der Waals surface area contributed by atoms with Crippen molar-refractivity contribution in [1.29, 1.82) is 0 Å². The van der Waals surface area contributed by atoms with Crippen LogP contribution in [0.1, 0.15) is 46.5 Å². The summed E-state index contributed by atoms with van der Waals surface area (Å²) in [5.74, 6) is -3.92. The van der Waals surface area contributed by atoms with E-state index < -0.39 is 53.1 Å². The number of hydrogen-bond acceptors (Lipinski definition) is 7. The van der Waals surface area contributed by atoms with Gasteiger partial charge < -0.3 is 24.4 Å². The van der Waals surface area contributed by atoms with Crippen molar-refractivity contribution in [2.45, 2.75) is 76.8 Å². The Hall–Kier alpha value is -1.28. The summed E-state index contributed by atoms with van der Waals surface area (Å²) in [5, 5.41) is 23.4. The number of hydrogen-bond donors (Lipinski definition) is 2. The van der Waals surface area contributed by atoms with Crippen molar-refractivity contribution in [1.82, 2.24) is 0 Å². The number of esters is 1. The Bertz CT molecular complexity index is 865. The molecule has 0 aromatic heterocycles. The smallest absolute Gasteiger partial charge is 0.302 e. The first kappa shape index (κ1) is 18.5. The summed E-state index contributed by atoms with van der Waals surface area (Å²) in [6.45, 7) is 9.58. The number of rotatable bonds is 1. The first-order chi connectivity index (χ1) is 13.5. The summed E-state index contributed by atoms with van der Waals surface area (Å²) >= 11 is 0. The van der Waals surface area contributed by atoms with Crippen LogP contribution in [-0.4, -0.2) is 52.4 Å². The summed E-state index contributed by atoms with van der Waals surface area (Å²) in [5.41, 5.74) is -2.09. The Morgan fingerprint density at radius 1 is 1.28 bits per heavy atom. The Morgan fingerprint density at radius 3 is 2.69 bits per heavy atom. The van der Waals surface area contributed by atoms with E-state index in [4.69, 9.17) is 14.2 Å². The summed E-state index contributed by atoms with van der Waals surface area (Å²) in [7, 11) is 0. The van der Waals surface area contributed by atoms with Gasteiger partial charge in [0, 0.05) is 30.1 Å². The molecule has 1 unspecified atom stereocenters. The van der Waals surface area contributed by atoms with Gasteiger partial charge in [0.1, 0.15) is 17.6 Å². The van der Waals surface area contributed by atoms with Crippen LogP contribution in [0, 0.1) is 34.0 Å². The van der Waals surface area contributed by atoms with Gasteiger partial charge in [0.2, 0.25) is 5.79 Å². The lowest BCUT2D eigenvalue weighted by Gasteiger charge is -2.79. The van der Waals surface area contributed by atoms with Crippen LogP contribution >= 0.6 is 0 Å². The number of ether oxygens (including phenoxy) is 3. The fourth-order valence-electron chi connectivity index (χ4n) is 8.79. The van der Waals surface area contributed by atoms with Crippen LogP contribution in [0.4, 0.5) is 0 Å². The third kappa shape index (κ3) is 1.61. The maximum atomic E-state index is 13.7. The number of carbonyl (C=O) groups is 2. The largest absolute Gasteiger partial charge is 0.462 e. The third-order valence-corrected chi connectivity index (χ3v) is 9.33. The molecular weight excluding hydrogens is 376 g/mol. The number of carbonyl (C=O) groups excluding carboxylic acids is 2. The molecule has 158 valence electrons. The van der Waals surface area contributed by atoms with Crippen LogP contribution in [0.5, 0.6) is 0 Å². The number of ketones is 1. The van der Waals surface area contributed by atoms with Crippen molar-refractivity contribution in [3.63, 3.8) is 0 Å². The molecule has 8 rings (SSSR count). The van der Waals surface area contributed by atoms with Gasteiger partial charge in [-0.25, -0.2) is 0 Å². The number of aliphatic hydroxyl groups is 2. The molecule has 4 saturated carbocycles. The maximum absolute atomic E-state index is 13.7. The molecule has 0 aromatic carbocycles. The van der Waals surface area contributed by atoms with Crippen molar-refractivity contribution in [3.05, 3.63) is 12.2 Å². The van der Waals surface area contributed by atoms with E-state index in [1.165, 1.54) is 6.92 Å². The fraction of sp³-hybridized carbons (Fsp3) is 0.818. The zero-order chi connectivity index (χ0) is 20.7. The molecule has 0 aromatic rings. The second kappa shape index (κ2) is 4.96. The van der Waals surface area contributed by atoms with Gasteiger partial charge in [-0.15, -0.1) is 0 Å². The normalized spacial score (nSPS) is 58.3. The van der Waals surface area contributed by atoms with E-state index in [2.05, 4.69) is 20.4 Å². The lowest BCUT2D eigenvalue weighted by Crippen LogP contribution is -2.91. The quantitative estimate of drug-likeness (QED) is 0.502. The Labute approximate surface area is 169 Å². The van der Waals surface area contributed by atoms with E-state index in [1.54, 1.807) is 0 Å². The highest BCUT2D eigenvalue weighted by atomic mass is 16.8. The predicted molar refractivity (Wildman–Crippen MR) is 98.0 cm³/mol. The van der Waals surface area contributed by atoms with E-state index in [9.17, 15) is 19.8 Å². The topological polar surface area (TPSA) is 102 Å². The van der Waals surface area contributed by atoms with E-state index in [0.29, 0.717) is 18.4 Å². The summed E-state index contributed by atoms with van der Waals surface area (Å²) < 4.78 is 18.3. The molecular formula is C22H28O7. The van der Waals surface area contributed by atoms with E-state index in [-0.39, 0.29) is 23.0 Å². The Kier molecular flexibility index (Phi) is 3.16. The van der Waals surface area contributed by atoms with Crippen LogP contribution in [0.15, 0.2) is 12.2 Å². The Balaban J connectivity index is 1.67. The zero-order valence-electron chi connectivity index (χ0n) is 17.0. The number of aliphatic hydroxyl groups excluding tert-OH is 1. The van der Waals surface area contributed by atoms with Gasteiger partial charge >= 0.3 is 5.97 Å². The predicted octanol–water partition coefficient (Wildman–Crippen LogP) is 1.31. The second-order valence-corrected chi connectivity index (χ2v) is 10.8. The molecule has 7 nitrogen and oxygen atoms in total. The highest BCUT2D eigenvalue weighted by Crippen LogP contribution is 2.81. The summed E-state index contributed by atoms with van der Waals surface area (Å²) in [6, 6.07) is 0. The van der Waals surface area contributed by atoms with E-state index in [0.717, 1.165) is 12.8 Å². The minimum absolute atomic E-state index is 0.290. The molecule has 0 radical (unpaired) electrons. The van der Waals surface area contributed by atoms with Crippen molar-refractivity contribution >= 4 is 11.8 Å². The van der Waals surface area contributed by atoms with Gasteiger partial charge in [-0.05, 0) is 30.3 Å². The van der Waals surface area contributed by atoms with Crippen molar-refractivity contribution in [2.75, 3.05) is 0 Å². The SMILES string of the molecule is C=C1C(=O)[C@@]23[C@H]4OC5O[C@]2(O)[C@@H](O)[C@@H]2C(C)(C)CCC[C@]52[C@@H]3[C@@H](OC(C)=O)C[C@@H]14. The first-order valence-corrected chi connectivity index (χ1v) is 10.7. The highest BCUT2D eigenvalue weighted by Gasteiger charge is 2.93. The van der Waals surface area contributed by atoms with E-state index >= 15 is 0 Å². The van der Waals surface area contributed by atoms with Gasteiger partial charge in [-0.3, -0.25) is 9.59 Å². The molecule has 2 spiro atoms. The second-order valence-electron chi connectivity index (χ2n) is 10.8. The van der Waals surface area contributed by atoms with Crippen LogP contribution in [0.2, 0.25) is 0 Å². The summed E-state index contributed by atoms with van der Waals surface area (Å²) in [4.78, 5) is 25.7. The molecule has 7 heteroatoms. The Morgan fingerprint density at radius 2 is 2.00 bits per heavy atom. The molecule has 4 aliphatic carbocycles. The zero-order valence-corrected chi connectivity index (χ0v) is 17.0. The van der Waals surface area contributed by atoms with Crippen LogP contribution < -0.4 is 0 Å². The lowest BCUT2D eigenvalue weighted by molar-refractivity contribution is -0.554. The molecule has 2 N–H and O–H groups in total. The molecule has 7 bridgehead atoms. The molecule has 8 fully saturated rings. The monoisotopic (exact) mass is 404 g/mol. The lowest BCUT2D eigenvalue weighted by atomic mass is 9.34. The van der Waals surface area contributed by atoms with Gasteiger partial charge in [-0.1, -0.05) is 26.8 Å². The summed E-state index contributed by atoms with van der Waals surface area (Å²) in [6.07, 6.45) is -0.170. The minimum atomic E-state index is -2.07. The van der Waals surface area contributed by atoms with Crippen LogP contribution in [0.25, 0.3) is 0 Å². The minimum Gasteiger partial charge on any atom is -0.462 e. The van der Waals surface area contributed by atoms with Crippen molar-refractivity contribution in [3.8, 4) is 0 Å². The molecule has 4 aliphatic heterocycles. The van der Waals surface area contributed by atoms with Crippen LogP contribution in [0.3, 0.4) is 0 Å². The first-order valence-electron chi connectivity index (χ1n) is 10.7. The van der Waals surface area contributed by atoms with Crippen LogP contribution in [-0.2, 0) is 23.8 Å². The average molecular weight is 404 g/mol. The maximum Gasteiger partial charge on any atom is 0.302 e. The molecule has 4 saturated heterocycles. The van der Waals surface area contributed by atoms with Gasteiger partial charge in [0.25, 0.3) is 0 Å². The number of Topliss-reactive ketones (excluding diaryl/α,β-unsaturated/α-hetero) is 1. The fourth-order valence-corrected chi connectivity index (χ4v) is 8.79. The third-order valence-electron chi connectivity index (χ3n) is 9.33.